The van der Waals surface area contributed by atoms with Gasteiger partial charge in [0.15, 0.2) is 0 Å². The summed E-state index contributed by atoms with van der Waals surface area (Å²) < 4.78 is 5.45. The quantitative estimate of drug-likeness (QED) is 0.636. The fraction of sp³-hybridized carbons (Fsp3) is 0.684. The highest BCUT2D eigenvalue weighted by Gasteiger charge is 2.12. The molecule has 1 atom stereocenters. The van der Waals surface area contributed by atoms with Gasteiger partial charge < -0.3 is 14.7 Å². The van der Waals surface area contributed by atoms with Crippen molar-refractivity contribution in [2.75, 3.05) is 26.2 Å². The van der Waals surface area contributed by atoms with Crippen LogP contribution in [0.2, 0.25) is 0 Å². The van der Waals surface area contributed by atoms with Crippen molar-refractivity contribution in [1.82, 2.24) is 4.90 Å². The van der Waals surface area contributed by atoms with E-state index in [-0.39, 0.29) is 6.10 Å². The molecule has 0 spiro atoms. The smallest absolute Gasteiger partial charge is 0.119 e. The van der Waals surface area contributed by atoms with Crippen LogP contribution in [0.4, 0.5) is 0 Å². The van der Waals surface area contributed by atoms with Crippen molar-refractivity contribution in [1.29, 1.82) is 0 Å². The van der Waals surface area contributed by atoms with Gasteiger partial charge in [-0.3, -0.25) is 0 Å². The van der Waals surface area contributed by atoms with Crippen molar-refractivity contribution >= 4 is 0 Å². The molecule has 0 saturated carbocycles. The molecule has 0 aliphatic rings. The molecule has 0 aliphatic heterocycles. The van der Waals surface area contributed by atoms with E-state index in [0.717, 1.165) is 25.4 Å². The first-order valence-corrected chi connectivity index (χ1v) is 8.81. The number of ether oxygens (including phenoxy) is 1. The first-order chi connectivity index (χ1) is 10.7. The zero-order valence-corrected chi connectivity index (χ0v) is 14.6. The average Bonchev–Trinajstić information content (AvgIpc) is 2.52. The van der Waals surface area contributed by atoms with Gasteiger partial charge in [0, 0.05) is 6.54 Å². The van der Waals surface area contributed by atoms with Crippen LogP contribution in [-0.4, -0.2) is 42.4 Å². The Morgan fingerprint density at radius 2 is 1.59 bits per heavy atom. The van der Waals surface area contributed by atoms with Gasteiger partial charge in [-0.2, -0.15) is 0 Å². The molecule has 0 heterocycles. The first kappa shape index (κ1) is 19.0. The average molecular weight is 307 g/mol. The van der Waals surface area contributed by atoms with E-state index in [1.807, 2.05) is 19.1 Å². The van der Waals surface area contributed by atoms with Crippen LogP contribution in [0, 0.1) is 0 Å². The van der Waals surface area contributed by atoms with E-state index in [4.69, 9.17) is 4.74 Å². The molecule has 3 nitrogen and oxygen atoms in total. The second-order valence-electron chi connectivity index (χ2n) is 5.94. The van der Waals surface area contributed by atoms with Crippen LogP contribution < -0.4 is 4.74 Å². The van der Waals surface area contributed by atoms with E-state index >= 15 is 0 Å². The van der Waals surface area contributed by atoms with Gasteiger partial charge in [0.25, 0.3) is 0 Å². The van der Waals surface area contributed by atoms with Crippen LogP contribution in [-0.2, 0) is 6.42 Å². The molecule has 3 heteroatoms. The minimum atomic E-state index is -0.299. The van der Waals surface area contributed by atoms with Crippen molar-refractivity contribution < 1.29 is 9.84 Å². The van der Waals surface area contributed by atoms with Crippen molar-refractivity contribution in [3.05, 3.63) is 29.8 Å². The molecule has 0 fully saturated rings. The van der Waals surface area contributed by atoms with Gasteiger partial charge in [0.1, 0.15) is 5.75 Å². The van der Waals surface area contributed by atoms with Gasteiger partial charge in [0.2, 0.25) is 0 Å². The Bertz CT molecular complexity index is 370. The van der Waals surface area contributed by atoms with E-state index in [9.17, 15) is 5.11 Å². The molecule has 0 amide bonds. The number of hydrogen-bond acceptors (Lipinski definition) is 3. The predicted molar refractivity (Wildman–Crippen MR) is 93.6 cm³/mol. The van der Waals surface area contributed by atoms with E-state index < -0.39 is 0 Å². The van der Waals surface area contributed by atoms with Crippen LogP contribution >= 0.6 is 0 Å². The van der Waals surface area contributed by atoms with Gasteiger partial charge in [-0.1, -0.05) is 38.8 Å². The van der Waals surface area contributed by atoms with Crippen molar-refractivity contribution in [2.24, 2.45) is 0 Å². The largest absolute Gasteiger partial charge is 0.494 e. The second kappa shape index (κ2) is 11.5. The Labute approximate surface area is 136 Å². The van der Waals surface area contributed by atoms with E-state index in [1.165, 1.54) is 31.2 Å². The summed E-state index contributed by atoms with van der Waals surface area (Å²) in [5.74, 6) is 0.897. The number of rotatable bonds is 12. The Morgan fingerprint density at radius 1 is 1.00 bits per heavy atom. The standard InChI is InChI=1S/C19H33NO2/c1-4-7-13-20(14-8-5-2)16-18(21)15-17-9-11-19(12-10-17)22-6-3/h9-12,18,21H,4-8,13-16H2,1-3H3/t18-/m0/s1. The van der Waals surface area contributed by atoms with Crippen molar-refractivity contribution in [2.45, 2.75) is 59.0 Å². The number of aliphatic hydroxyl groups excluding tert-OH is 1. The molecular weight excluding hydrogens is 274 g/mol. The number of unbranched alkanes of at least 4 members (excludes halogenated alkanes) is 2. The SMILES string of the molecule is CCCCN(CCCC)C[C@@H](O)Cc1ccc(OCC)cc1. The normalized spacial score (nSPS) is 12.6. The summed E-state index contributed by atoms with van der Waals surface area (Å²) in [5.41, 5.74) is 1.17. The highest BCUT2D eigenvalue weighted by molar-refractivity contribution is 5.27. The van der Waals surface area contributed by atoms with Crippen LogP contribution in [0.1, 0.15) is 52.0 Å². The molecular formula is C19H33NO2. The molecule has 22 heavy (non-hydrogen) atoms. The molecule has 0 unspecified atom stereocenters. The zero-order chi connectivity index (χ0) is 16.2. The summed E-state index contributed by atoms with van der Waals surface area (Å²) in [6.07, 6.45) is 5.24. The topological polar surface area (TPSA) is 32.7 Å². The van der Waals surface area contributed by atoms with Gasteiger partial charge in [-0.05, 0) is 57.0 Å². The summed E-state index contributed by atoms with van der Waals surface area (Å²) in [4.78, 5) is 2.41. The third-order valence-corrected chi connectivity index (χ3v) is 3.83. The third-order valence-electron chi connectivity index (χ3n) is 3.83. The highest BCUT2D eigenvalue weighted by atomic mass is 16.5. The summed E-state index contributed by atoms with van der Waals surface area (Å²) in [7, 11) is 0. The lowest BCUT2D eigenvalue weighted by atomic mass is 10.1. The molecule has 0 aromatic heterocycles. The molecule has 1 N–H and O–H groups in total. The number of nitrogens with zero attached hydrogens (tertiary/aromatic N) is 1. The summed E-state index contributed by atoms with van der Waals surface area (Å²) in [5, 5.41) is 10.4. The lowest BCUT2D eigenvalue weighted by molar-refractivity contribution is 0.110. The maximum absolute atomic E-state index is 10.4. The lowest BCUT2D eigenvalue weighted by Gasteiger charge is -2.25. The fourth-order valence-electron chi connectivity index (χ4n) is 2.58. The molecule has 1 aromatic carbocycles. The predicted octanol–water partition coefficient (Wildman–Crippen LogP) is 3.89. The Hall–Kier alpha value is -1.06. The Kier molecular flexibility index (Phi) is 9.93. The number of aliphatic hydroxyl groups is 1. The van der Waals surface area contributed by atoms with Crippen LogP contribution in [0.5, 0.6) is 5.75 Å². The molecule has 1 aromatic rings. The maximum atomic E-state index is 10.4. The zero-order valence-electron chi connectivity index (χ0n) is 14.6. The summed E-state index contributed by atoms with van der Waals surface area (Å²) >= 11 is 0. The monoisotopic (exact) mass is 307 g/mol. The van der Waals surface area contributed by atoms with E-state index in [2.05, 4.69) is 30.9 Å². The van der Waals surface area contributed by atoms with Gasteiger partial charge >= 0.3 is 0 Å². The van der Waals surface area contributed by atoms with Gasteiger partial charge in [0.05, 0.1) is 12.7 Å². The molecule has 0 radical (unpaired) electrons. The molecule has 0 bridgehead atoms. The van der Waals surface area contributed by atoms with Crippen LogP contribution in [0.15, 0.2) is 24.3 Å². The van der Waals surface area contributed by atoms with E-state index in [0.29, 0.717) is 13.0 Å². The van der Waals surface area contributed by atoms with Crippen molar-refractivity contribution in [3.63, 3.8) is 0 Å². The highest BCUT2D eigenvalue weighted by Crippen LogP contribution is 2.14. The van der Waals surface area contributed by atoms with Crippen LogP contribution in [0.25, 0.3) is 0 Å². The number of hydrogen-bond donors (Lipinski definition) is 1. The van der Waals surface area contributed by atoms with Gasteiger partial charge in [-0.15, -0.1) is 0 Å². The second-order valence-corrected chi connectivity index (χ2v) is 5.94. The molecule has 126 valence electrons. The minimum absolute atomic E-state index is 0.299. The fourth-order valence-corrected chi connectivity index (χ4v) is 2.58. The molecule has 1 rings (SSSR count). The summed E-state index contributed by atoms with van der Waals surface area (Å²) in [6, 6.07) is 8.07. The van der Waals surface area contributed by atoms with E-state index in [1.54, 1.807) is 0 Å². The van der Waals surface area contributed by atoms with Crippen LogP contribution in [0.3, 0.4) is 0 Å². The minimum Gasteiger partial charge on any atom is -0.494 e. The summed E-state index contributed by atoms with van der Waals surface area (Å²) in [6.45, 7) is 10.1. The van der Waals surface area contributed by atoms with Gasteiger partial charge in [-0.25, -0.2) is 0 Å². The molecule has 0 aliphatic carbocycles. The maximum Gasteiger partial charge on any atom is 0.119 e. The lowest BCUT2D eigenvalue weighted by Crippen LogP contribution is -2.35. The third kappa shape index (κ3) is 7.81. The molecule has 0 saturated heterocycles. The number of benzene rings is 1. The first-order valence-electron chi connectivity index (χ1n) is 8.81. The Morgan fingerprint density at radius 3 is 2.09 bits per heavy atom. The van der Waals surface area contributed by atoms with Crippen molar-refractivity contribution in [3.8, 4) is 5.75 Å². The Balaban J connectivity index is 2.45.